The van der Waals surface area contributed by atoms with Crippen molar-refractivity contribution in [2.24, 2.45) is 0 Å². The Morgan fingerprint density at radius 2 is 1.78 bits per heavy atom. The molecule has 2 aromatic heterocycles. The highest BCUT2D eigenvalue weighted by Crippen LogP contribution is 2.42. The lowest BCUT2D eigenvalue weighted by Crippen LogP contribution is -2.40. The minimum Gasteiger partial charge on any atom is -0.357 e. The van der Waals surface area contributed by atoms with Crippen molar-refractivity contribution in [2.75, 3.05) is 11.4 Å². The molecule has 1 aliphatic heterocycles. The van der Waals surface area contributed by atoms with Crippen LogP contribution in [0.15, 0.2) is 54.9 Å². The third-order valence-corrected chi connectivity index (χ3v) is 5.67. The van der Waals surface area contributed by atoms with E-state index < -0.39 is 0 Å². The van der Waals surface area contributed by atoms with Crippen LogP contribution in [0.5, 0.6) is 0 Å². The lowest BCUT2D eigenvalue weighted by atomic mass is 9.97. The summed E-state index contributed by atoms with van der Waals surface area (Å²) in [7, 11) is 0. The van der Waals surface area contributed by atoms with Crippen molar-refractivity contribution < 1.29 is 0 Å². The number of rotatable bonds is 3. The summed E-state index contributed by atoms with van der Waals surface area (Å²) in [6.07, 6.45) is 5.59. The third-order valence-electron chi connectivity index (χ3n) is 5.67. The molecule has 0 spiro atoms. The van der Waals surface area contributed by atoms with Gasteiger partial charge in [0.1, 0.15) is 11.5 Å². The Morgan fingerprint density at radius 3 is 2.56 bits per heavy atom. The first kappa shape index (κ1) is 16.1. The second-order valence-corrected chi connectivity index (χ2v) is 7.39. The minimum atomic E-state index is -0.200. The van der Waals surface area contributed by atoms with E-state index in [1.165, 1.54) is 5.56 Å². The van der Waals surface area contributed by atoms with Crippen LogP contribution in [-0.2, 0) is 5.54 Å². The number of fused-ring (bicyclic) bond motifs is 1. The first-order valence-corrected chi connectivity index (χ1v) is 9.36. The van der Waals surface area contributed by atoms with Gasteiger partial charge in [-0.15, -0.1) is 4.80 Å². The zero-order chi connectivity index (χ0) is 18.4. The van der Waals surface area contributed by atoms with Gasteiger partial charge in [0.15, 0.2) is 0 Å². The number of nitrogens with zero attached hydrogens (tertiary/aromatic N) is 5. The SMILES string of the molecule is Cc1cccc2[nH]c([C@]3(C)CCCN3c3ccccc3-n3nccn3)nc12. The molecule has 2 aromatic carbocycles. The van der Waals surface area contributed by atoms with E-state index in [0.717, 1.165) is 47.6 Å². The summed E-state index contributed by atoms with van der Waals surface area (Å²) in [6.45, 7) is 5.37. The van der Waals surface area contributed by atoms with Gasteiger partial charge >= 0.3 is 0 Å². The largest absolute Gasteiger partial charge is 0.357 e. The van der Waals surface area contributed by atoms with Crippen molar-refractivity contribution in [3.05, 3.63) is 66.2 Å². The van der Waals surface area contributed by atoms with Crippen LogP contribution in [0, 0.1) is 6.92 Å². The predicted octanol–water partition coefficient (Wildman–Crippen LogP) is 3.97. The van der Waals surface area contributed by atoms with Crippen LogP contribution in [0.25, 0.3) is 16.7 Å². The molecule has 1 atom stereocenters. The second-order valence-electron chi connectivity index (χ2n) is 7.39. The standard InChI is InChI=1S/C21H22N6/c1-15-7-5-8-16-19(15)25-20(24-16)21(2)11-6-14-26(21)17-9-3-4-10-18(17)27-22-12-13-23-27/h3-5,7-10,12-13H,6,11,14H2,1-2H3,(H,24,25)/t21-/m0/s1. The first-order valence-electron chi connectivity index (χ1n) is 9.36. The van der Waals surface area contributed by atoms with Gasteiger partial charge in [-0.1, -0.05) is 24.3 Å². The Balaban J connectivity index is 1.64. The van der Waals surface area contributed by atoms with Crippen LogP contribution in [-0.4, -0.2) is 31.5 Å². The van der Waals surface area contributed by atoms with Gasteiger partial charge in [0.2, 0.25) is 0 Å². The van der Waals surface area contributed by atoms with E-state index in [2.05, 4.69) is 70.3 Å². The summed E-state index contributed by atoms with van der Waals surface area (Å²) in [6, 6.07) is 14.6. The molecule has 5 rings (SSSR count). The quantitative estimate of drug-likeness (QED) is 0.602. The zero-order valence-electron chi connectivity index (χ0n) is 15.6. The number of hydrogen-bond donors (Lipinski definition) is 1. The molecule has 1 saturated heterocycles. The minimum absolute atomic E-state index is 0.200. The number of anilines is 1. The number of H-pyrrole nitrogens is 1. The molecule has 6 heteroatoms. The lowest BCUT2D eigenvalue weighted by Gasteiger charge is -2.36. The van der Waals surface area contributed by atoms with Crippen molar-refractivity contribution in [1.82, 2.24) is 25.0 Å². The average molecular weight is 358 g/mol. The molecule has 0 radical (unpaired) electrons. The predicted molar refractivity (Wildman–Crippen MR) is 106 cm³/mol. The second kappa shape index (κ2) is 5.94. The first-order chi connectivity index (χ1) is 13.2. The smallest absolute Gasteiger partial charge is 0.132 e. The maximum Gasteiger partial charge on any atom is 0.132 e. The monoisotopic (exact) mass is 358 g/mol. The molecule has 0 amide bonds. The Bertz CT molecular complexity index is 1100. The molecule has 136 valence electrons. The number of aryl methyl sites for hydroxylation is 1. The topological polar surface area (TPSA) is 62.6 Å². The van der Waals surface area contributed by atoms with E-state index in [0.29, 0.717) is 0 Å². The summed E-state index contributed by atoms with van der Waals surface area (Å²) < 4.78 is 0. The Morgan fingerprint density at radius 1 is 1.00 bits per heavy atom. The highest BCUT2D eigenvalue weighted by molar-refractivity contribution is 5.79. The lowest BCUT2D eigenvalue weighted by molar-refractivity contribution is 0.466. The molecule has 0 bridgehead atoms. The third kappa shape index (κ3) is 2.44. The molecule has 0 saturated carbocycles. The summed E-state index contributed by atoms with van der Waals surface area (Å²) in [5, 5.41) is 8.68. The number of aromatic amines is 1. The van der Waals surface area contributed by atoms with Gasteiger partial charge in [-0.2, -0.15) is 10.2 Å². The van der Waals surface area contributed by atoms with Crippen LogP contribution in [0.3, 0.4) is 0 Å². The molecule has 4 aromatic rings. The van der Waals surface area contributed by atoms with E-state index in [9.17, 15) is 0 Å². The summed E-state index contributed by atoms with van der Waals surface area (Å²) in [4.78, 5) is 12.7. The molecule has 6 nitrogen and oxygen atoms in total. The fourth-order valence-corrected chi connectivity index (χ4v) is 4.23. The van der Waals surface area contributed by atoms with E-state index in [1.54, 1.807) is 17.2 Å². The van der Waals surface area contributed by atoms with Crippen LogP contribution in [0.4, 0.5) is 5.69 Å². The fourth-order valence-electron chi connectivity index (χ4n) is 4.23. The van der Waals surface area contributed by atoms with Gasteiger partial charge < -0.3 is 9.88 Å². The number of hydrogen-bond acceptors (Lipinski definition) is 4. The van der Waals surface area contributed by atoms with E-state index in [1.807, 2.05) is 6.07 Å². The normalized spacial score (nSPS) is 19.9. The Hall–Kier alpha value is -3.15. The van der Waals surface area contributed by atoms with Crippen LogP contribution in [0.1, 0.15) is 31.2 Å². The van der Waals surface area contributed by atoms with Gasteiger partial charge in [-0.05, 0) is 50.5 Å². The van der Waals surface area contributed by atoms with Crippen molar-refractivity contribution in [2.45, 2.75) is 32.2 Å². The van der Waals surface area contributed by atoms with Crippen molar-refractivity contribution >= 4 is 16.7 Å². The van der Waals surface area contributed by atoms with Crippen LogP contribution < -0.4 is 4.90 Å². The van der Waals surface area contributed by atoms with Crippen molar-refractivity contribution in [3.8, 4) is 5.69 Å². The van der Waals surface area contributed by atoms with Gasteiger partial charge in [0.05, 0.1) is 34.7 Å². The Labute approximate surface area is 157 Å². The van der Waals surface area contributed by atoms with Gasteiger partial charge in [-0.3, -0.25) is 0 Å². The molecule has 1 aliphatic rings. The molecule has 3 heterocycles. The number of benzene rings is 2. The van der Waals surface area contributed by atoms with Crippen LogP contribution >= 0.6 is 0 Å². The number of para-hydroxylation sites is 3. The highest BCUT2D eigenvalue weighted by Gasteiger charge is 2.42. The van der Waals surface area contributed by atoms with Gasteiger partial charge in [0, 0.05) is 6.54 Å². The molecule has 27 heavy (non-hydrogen) atoms. The number of nitrogens with one attached hydrogen (secondary N) is 1. The van der Waals surface area contributed by atoms with Crippen molar-refractivity contribution in [3.63, 3.8) is 0 Å². The summed E-state index contributed by atoms with van der Waals surface area (Å²) in [5.41, 5.74) is 5.27. The number of aromatic nitrogens is 5. The van der Waals surface area contributed by atoms with E-state index in [4.69, 9.17) is 4.98 Å². The molecular formula is C21H22N6. The van der Waals surface area contributed by atoms with Crippen LogP contribution in [0.2, 0.25) is 0 Å². The maximum absolute atomic E-state index is 5.00. The molecule has 1 N–H and O–H groups in total. The molecule has 0 aliphatic carbocycles. The molecule has 0 unspecified atom stereocenters. The maximum atomic E-state index is 5.00. The summed E-state index contributed by atoms with van der Waals surface area (Å²) >= 11 is 0. The van der Waals surface area contributed by atoms with Gasteiger partial charge in [-0.25, -0.2) is 4.98 Å². The average Bonchev–Trinajstić information content (AvgIpc) is 3.42. The van der Waals surface area contributed by atoms with E-state index >= 15 is 0 Å². The summed E-state index contributed by atoms with van der Waals surface area (Å²) in [5.74, 6) is 1.02. The van der Waals surface area contributed by atoms with Crippen molar-refractivity contribution in [1.29, 1.82) is 0 Å². The number of imidazole rings is 1. The molecular weight excluding hydrogens is 336 g/mol. The zero-order valence-corrected chi connectivity index (χ0v) is 15.6. The van der Waals surface area contributed by atoms with E-state index in [-0.39, 0.29) is 5.54 Å². The van der Waals surface area contributed by atoms with Gasteiger partial charge in [0.25, 0.3) is 0 Å². The highest BCUT2D eigenvalue weighted by atomic mass is 15.5. The molecule has 1 fully saturated rings. The Kier molecular flexibility index (Phi) is 3.53. The fraction of sp³-hybridized carbons (Fsp3) is 0.286.